The van der Waals surface area contributed by atoms with E-state index >= 15 is 0 Å². The summed E-state index contributed by atoms with van der Waals surface area (Å²) in [5.74, 6) is 2.19. The molecule has 0 aliphatic carbocycles. The third kappa shape index (κ3) is 6.07. The number of ether oxygens (including phenoxy) is 2. The van der Waals surface area contributed by atoms with Crippen LogP contribution in [-0.2, 0) is 11.3 Å². The Morgan fingerprint density at radius 2 is 1.52 bits per heavy atom. The van der Waals surface area contributed by atoms with Gasteiger partial charge in [-0.3, -0.25) is 4.79 Å². The molecule has 7 heteroatoms. The summed E-state index contributed by atoms with van der Waals surface area (Å²) in [6, 6.07) is 18.3. The number of carbonyl (C=O) groups excluding carboxylic acids is 2. The van der Waals surface area contributed by atoms with Crippen molar-refractivity contribution in [2.75, 3.05) is 12.8 Å². The Morgan fingerprint density at radius 3 is 2.07 bits per heavy atom. The summed E-state index contributed by atoms with van der Waals surface area (Å²) in [5.41, 5.74) is 7.90. The molecule has 1 aromatic heterocycles. The fourth-order valence-electron chi connectivity index (χ4n) is 2.50. The Bertz CT molecular complexity index is 941. The minimum Gasteiger partial charge on any atom is -0.497 e. The SMILES string of the molecule is C=O.COc1ccc(Oc2ccc(CNC(=O)c3ccc(C)nc3N)cc2)cc1. The van der Waals surface area contributed by atoms with Gasteiger partial charge in [0.15, 0.2) is 0 Å². The summed E-state index contributed by atoms with van der Waals surface area (Å²) < 4.78 is 10.9. The van der Waals surface area contributed by atoms with Crippen LogP contribution in [0.1, 0.15) is 21.6 Å². The van der Waals surface area contributed by atoms with E-state index in [0.717, 1.165) is 22.8 Å². The molecule has 0 unspecified atom stereocenters. The van der Waals surface area contributed by atoms with E-state index in [9.17, 15) is 4.79 Å². The van der Waals surface area contributed by atoms with Gasteiger partial charge in [-0.2, -0.15) is 0 Å². The van der Waals surface area contributed by atoms with Gasteiger partial charge < -0.3 is 25.3 Å². The average molecular weight is 393 g/mol. The number of hydrogen-bond donors (Lipinski definition) is 2. The van der Waals surface area contributed by atoms with Gasteiger partial charge in [0.05, 0.1) is 12.7 Å². The molecule has 150 valence electrons. The summed E-state index contributed by atoms with van der Waals surface area (Å²) >= 11 is 0. The molecule has 0 bridgehead atoms. The second kappa shape index (κ2) is 10.5. The van der Waals surface area contributed by atoms with E-state index < -0.39 is 0 Å². The summed E-state index contributed by atoms with van der Waals surface area (Å²) in [6.07, 6.45) is 0. The second-order valence-electron chi connectivity index (χ2n) is 5.99. The van der Waals surface area contributed by atoms with Crippen molar-refractivity contribution in [3.05, 3.63) is 77.5 Å². The number of aromatic nitrogens is 1. The first-order valence-corrected chi connectivity index (χ1v) is 8.76. The zero-order chi connectivity index (χ0) is 21.2. The van der Waals surface area contributed by atoms with E-state index in [1.54, 1.807) is 19.2 Å². The number of rotatable bonds is 6. The second-order valence-corrected chi connectivity index (χ2v) is 5.99. The third-order valence-corrected chi connectivity index (χ3v) is 3.98. The summed E-state index contributed by atoms with van der Waals surface area (Å²) in [4.78, 5) is 24.3. The molecule has 7 nitrogen and oxygen atoms in total. The lowest BCUT2D eigenvalue weighted by Crippen LogP contribution is -2.24. The standard InChI is InChI=1S/C21H21N3O3.CH2O/c1-14-3-12-19(20(22)24-14)21(25)23-13-15-4-6-17(7-5-15)27-18-10-8-16(26-2)9-11-18;1-2/h3-12H,13H2,1-2H3,(H2,22,24)(H,23,25);1H2. The maximum atomic E-state index is 12.2. The maximum Gasteiger partial charge on any atom is 0.255 e. The zero-order valence-electron chi connectivity index (χ0n) is 16.3. The van der Waals surface area contributed by atoms with Gasteiger partial charge in [0.25, 0.3) is 5.91 Å². The fourth-order valence-corrected chi connectivity index (χ4v) is 2.50. The number of anilines is 1. The molecule has 1 amide bonds. The lowest BCUT2D eigenvalue weighted by atomic mass is 10.2. The third-order valence-electron chi connectivity index (χ3n) is 3.98. The van der Waals surface area contributed by atoms with Crippen molar-refractivity contribution in [2.45, 2.75) is 13.5 Å². The lowest BCUT2D eigenvalue weighted by molar-refractivity contribution is -0.0980. The first-order valence-electron chi connectivity index (χ1n) is 8.76. The lowest BCUT2D eigenvalue weighted by Gasteiger charge is -2.09. The van der Waals surface area contributed by atoms with Crippen molar-refractivity contribution in [1.82, 2.24) is 10.3 Å². The molecule has 0 saturated carbocycles. The van der Waals surface area contributed by atoms with Gasteiger partial charge in [0.1, 0.15) is 29.9 Å². The highest BCUT2D eigenvalue weighted by Gasteiger charge is 2.10. The van der Waals surface area contributed by atoms with E-state index in [-0.39, 0.29) is 11.7 Å². The summed E-state index contributed by atoms with van der Waals surface area (Å²) in [5, 5.41) is 2.84. The fraction of sp³-hybridized carbons (Fsp3) is 0.136. The van der Waals surface area contributed by atoms with Crippen molar-refractivity contribution < 1.29 is 19.1 Å². The number of hydrogen-bond acceptors (Lipinski definition) is 6. The number of methoxy groups -OCH3 is 1. The summed E-state index contributed by atoms with van der Waals surface area (Å²) in [7, 11) is 1.62. The number of nitrogens with one attached hydrogen (secondary N) is 1. The molecule has 29 heavy (non-hydrogen) atoms. The van der Waals surface area contributed by atoms with Gasteiger partial charge in [0, 0.05) is 12.2 Å². The molecule has 0 spiro atoms. The van der Waals surface area contributed by atoms with Crippen LogP contribution in [0.15, 0.2) is 60.7 Å². The average Bonchev–Trinajstić information content (AvgIpc) is 2.75. The zero-order valence-corrected chi connectivity index (χ0v) is 16.3. The quantitative estimate of drug-likeness (QED) is 0.664. The normalized spacial score (nSPS) is 9.72. The van der Waals surface area contributed by atoms with Crippen LogP contribution in [0.5, 0.6) is 17.2 Å². The predicted octanol–water partition coefficient (Wildman–Crippen LogP) is 3.52. The molecular formula is C22H23N3O4. The van der Waals surface area contributed by atoms with Gasteiger partial charge in [-0.1, -0.05) is 12.1 Å². The van der Waals surface area contributed by atoms with Crippen molar-refractivity contribution in [3.8, 4) is 17.2 Å². The molecule has 0 saturated heterocycles. The predicted molar refractivity (Wildman–Crippen MR) is 111 cm³/mol. The van der Waals surface area contributed by atoms with Gasteiger partial charge in [0.2, 0.25) is 0 Å². The van der Waals surface area contributed by atoms with Crippen molar-refractivity contribution >= 4 is 18.5 Å². The highest BCUT2D eigenvalue weighted by atomic mass is 16.5. The molecule has 0 radical (unpaired) electrons. The number of amides is 1. The molecule has 0 atom stereocenters. The molecule has 1 heterocycles. The number of nitrogen functional groups attached to an aromatic ring is 1. The van der Waals surface area contributed by atoms with Crippen molar-refractivity contribution in [1.29, 1.82) is 0 Å². The van der Waals surface area contributed by atoms with Gasteiger partial charge in [-0.15, -0.1) is 0 Å². The molecule has 2 aromatic carbocycles. The van der Waals surface area contributed by atoms with E-state index in [1.165, 1.54) is 0 Å². The van der Waals surface area contributed by atoms with Crippen LogP contribution in [0.2, 0.25) is 0 Å². The first-order chi connectivity index (χ1) is 14.0. The number of benzene rings is 2. The van der Waals surface area contributed by atoms with Crippen LogP contribution in [0.25, 0.3) is 0 Å². The number of carbonyl (C=O) groups is 2. The first kappa shape index (κ1) is 21.4. The highest BCUT2D eigenvalue weighted by molar-refractivity contribution is 5.98. The molecule has 0 aliphatic heterocycles. The maximum absolute atomic E-state index is 12.2. The van der Waals surface area contributed by atoms with Crippen molar-refractivity contribution in [3.63, 3.8) is 0 Å². The van der Waals surface area contributed by atoms with Crippen LogP contribution in [-0.4, -0.2) is 24.8 Å². The summed E-state index contributed by atoms with van der Waals surface area (Å²) in [6.45, 7) is 4.21. The van der Waals surface area contributed by atoms with Gasteiger partial charge >= 0.3 is 0 Å². The molecule has 0 aliphatic rings. The molecular weight excluding hydrogens is 370 g/mol. The number of nitrogens with two attached hydrogens (primary N) is 1. The largest absolute Gasteiger partial charge is 0.497 e. The number of aryl methyl sites for hydroxylation is 1. The Hall–Kier alpha value is -3.87. The molecule has 3 rings (SSSR count). The number of nitrogens with zero attached hydrogens (tertiary/aromatic N) is 1. The minimum absolute atomic E-state index is 0.232. The van der Waals surface area contributed by atoms with Crippen LogP contribution < -0.4 is 20.5 Å². The highest BCUT2D eigenvalue weighted by Crippen LogP contribution is 2.24. The minimum atomic E-state index is -0.251. The van der Waals surface area contributed by atoms with E-state index in [4.69, 9.17) is 20.0 Å². The van der Waals surface area contributed by atoms with E-state index in [0.29, 0.717) is 17.9 Å². The van der Waals surface area contributed by atoms with Gasteiger partial charge in [-0.25, -0.2) is 4.98 Å². The smallest absolute Gasteiger partial charge is 0.255 e. The molecule has 3 aromatic rings. The van der Waals surface area contributed by atoms with E-state index in [2.05, 4.69) is 10.3 Å². The Labute approximate surface area is 169 Å². The number of pyridine rings is 1. The Balaban J connectivity index is 0.00000145. The van der Waals surface area contributed by atoms with E-state index in [1.807, 2.05) is 62.2 Å². The monoisotopic (exact) mass is 393 g/mol. The Morgan fingerprint density at radius 1 is 0.966 bits per heavy atom. The van der Waals surface area contributed by atoms with Crippen LogP contribution in [0.3, 0.4) is 0 Å². The molecule has 0 fully saturated rings. The molecule has 3 N–H and O–H groups in total. The van der Waals surface area contributed by atoms with Gasteiger partial charge in [-0.05, 0) is 61.0 Å². The van der Waals surface area contributed by atoms with Crippen LogP contribution in [0, 0.1) is 6.92 Å². The Kier molecular flexibility index (Phi) is 7.73. The van der Waals surface area contributed by atoms with Crippen LogP contribution in [0.4, 0.5) is 5.82 Å². The topological polar surface area (TPSA) is 104 Å². The van der Waals surface area contributed by atoms with Crippen LogP contribution >= 0.6 is 0 Å². The van der Waals surface area contributed by atoms with Crippen molar-refractivity contribution in [2.24, 2.45) is 0 Å².